The Bertz CT molecular complexity index is 1370. The first-order valence-electron chi connectivity index (χ1n) is 19.3. The summed E-state index contributed by atoms with van der Waals surface area (Å²) in [4.78, 5) is 62.3. The molecule has 0 spiro atoms. The lowest BCUT2D eigenvalue weighted by molar-refractivity contribution is -0.143. The van der Waals surface area contributed by atoms with Gasteiger partial charge in [-0.15, -0.1) is 0 Å². The number of unbranched alkanes of at least 4 members (excludes halogenated alkanes) is 9. The highest BCUT2D eigenvalue weighted by atomic mass is 16.5. The van der Waals surface area contributed by atoms with Gasteiger partial charge in [-0.2, -0.15) is 0 Å². The van der Waals surface area contributed by atoms with Crippen molar-refractivity contribution in [1.82, 2.24) is 26.2 Å². The molecule has 11 heteroatoms. The molecule has 0 bridgehead atoms. The second kappa shape index (κ2) is 24.9. The molecule has 2 aromatic rings. The highest BCUT2D eigenvalue weighted by Crippen LogP contribution is 2.44. The molecule has 0 heterocycles. The molecular weight excluding hydrogens is 658 g/mol. The molecule has 0 radical (unpaired) electrons. The smallest absolute Gasteiger partial charge is 0.307 e. The lowest BCUT2D eigenvalue weighted by Gasteiger charge is -2.22. The number of hydrogen-bond donors (Lipinski definition) is 4. The van der Waals surface area contributed by atoms with E-state index in [1.165, 1.54) is 34.1 Å². The first-order valence-corrected chi connectivity index (χ1v) is 19.3. The number of ether oxygens (including phenoxy) is 1. The van der Waals surface area contributed by atoms with Gasteiger partial charge >= 0.3 is 5.97 Å². The van der Waals surface area contributed by atoms with Gasteiger partial charge in [0, 0.05) is 58.9 Å². The molecule has 0 aromatic heterocycles. The van der Waals surface area contributed by atoms with Gasteiger partial charge in [-0.3, -0.25) is 24.0 Å². The minimum absolute atomic E-state index is 0.0219. The zero-order valence-corrected chi connectivity index (χ0v) is 31.4. The molecule has 4 N–H and O–H groups in total. The van der Waals surface area contributed by atoms with Gasteiger partial charge in [-0.25, -0.2) is 0 Å². The van der Waals surface area contributed by atoms with Crippen molar-refractivity contribution in [3.8, 4) is 11.1 Å². The van der Waals surface area contributed by atoms with Crippen LogP contribution in [0.2, 0.25) is 0 Å². The van der Waals surface area contributed by atoms with Crippen LogP contribution in [0.1, 0.15) is 114 Å². The topological polar surface area (TPSA) is 146 Å². The van der Waals surface area contributed by atoms with Crippen LogP contribution in [0.4, 0.5) is 0 Å². The van der Waals surface area contributed by atoms with Gasteiger partial charge in [0.05, 0.1) is 13.0 Å². The minimum atomic E-state index is -0.221. The van der Waals surface area contributed by atoms with Crippen molar-refractivity contribution < 1.29 is 28.7 Å². The van der Waals surface area contributed by atoms with Gasteiger partial charge in [0.2, 0.25) is 23.6 Å². The Morgan fingerprint density at radius 3 is 1.87 bits per heavy atom. The average Bonchev–Trinajstić information content (AvgIpc) is 3.46. The second-order valence-electron chi connectivity index (χ2n) is 13.6. The predicted octanol–water partition coefficient (Wildman–Crippen LogP) is 5.22. The fourth-order valence-electron chi connectivity index (χ4n) is 6.58. The number of carbonyl (C=O) groups is 5. The number of amides is 4. The van der Waals surface area contributed by atoms with Gasteiger partial charge in [-0.05, 0) is 54.5 Å². The van der Waals surface area contributed by atoms with Crippen LogP contribution in [0.15, 0.2) is 48.5 Å². The minimum Gasteiger partial charge on any atom is -0.465 e. The maximum atomic E-state index is 13.0. The number of nitrogens with zero attached hydrogens (tertiary/aromatic N) is 1. The van der Waals surface area contributed by atoms with Gasteiger partial charge in [0.1, 0.15) is 6.61 Å². The predicted molar refractivity (Wildman–Crippen MR) is 205 cm³/mol. The summed E-state index contributed by atoms with van der Waals surface area (Å²) in [6.45, 7) is 4.16. The third-order valence-electron chi connectivity index (χ3n) is 9.50. The highest BCUT2D eigenvalue weighted by molar-refractivity contribution is 5.85. The molecule has 3 rings (SSSR count). The maximum Gasteiger partial charge on any atom is 0.307 e. The number of rotatable bonds is 27. The fourth-order valence-corrected chi connectivity index (χ4v) is 6.58. The Morgan fingerprint density at radius 1 is 0.635 bits per heavy atom. The molecule has 1 aliphatic carbocycles. The summed E-state index contributed by atoms with van der Waals surface area (Å²) in [6, 6.07) is 16.6. The zero-order valence-electron chi connectivity index (χ0n) is 31.4. The molecule has 0 saturated carbocycles. The number of carbonyl (C=O) groups excluding carboxylic acids is 5. The van der Waals surface area contributed by atoms with E-state index in [9.17, 15) is 24.0 Å². The zero-order chi connectivity index (χ0) is 37.4. The number of nitrogens with one attached hydrogen (secondary N) is 4. The SMILES string of the molecule is CNC(=O)CCCCCCCCCCNC(=O)CN(CCNC(C)=O)C(=O)CCCCCNCCC(=O)OCC1c2ccccc2-c2ccccc21. The molecule has 0 saturated heterocycles. The van der Waals surface area contributed by atoms with Crippen molar-refractivity contribution in [3.63, 3.8) is 0 Å². The van der Waals surface area contributed by atoms with Crippen molar-refractivity contribution in [1.29, 1.82) is 0 Å². The van der Waals surface area contributed by atoms with E-state index in [0.29, 0.717) is 51.9 Å². The van der Waals surface area contributed by atoms with Gasteiger partial charge in [0.15, 0.2) is 0 Å². The van der Waals surface area contributed by atoms with Crippen LogP contribution in [0, 0.1) is 0 Å². The monoisotopic (exact) mass is 719 g/mol. The summed E-state index contributed by atoms with van der Waals surface area (Å²) >= 11 is 0. The molecular formula is C41H61N5O6. The quantitative estimate of drug-likeness (QED) is 0.0732. The molecule has 52 heavy (non-hydrogen) atoms. The Labute approximate surface area is 310 Å². The lowest BCUT2D eigenvalue weighted by atomic mass is 9.98. The molecule has 286 valence electrons. The second-order valence-corrected chi connectivity index (χ2v) is 13.6. The van der Waals surface area contributed by atoms with E-state index in [1.54, 1.807) is 7.05 Å². The molecule has 4 amide bonds. The van der Waals surface area contributed by atoms with E-state index in [4.69, 9.17) is 4.74 Å². The van der Waals surface area contributed by atoms with Crippen LogP contribution in [-0.4, -0.2) is 87.4 Å². The number of esters is 1. The Hall–Kier alpha value is -4.25. The van der Waals surface area contributed by atoms with Crippen LogP contribution in [0.5, 0.6) is 0 Å². The van der Waals surface area contributed by atoms with Gasteiger partial charge in [0.25, 0.3) is 0 Å². The molecule has 11 nitrogen and oxygen atoms in total. The standard InChI is InChI=1S/C41H61N5O6/c1-32(47)44-28-29-46(30-39(49)45-26-17-8-6-4-3-5-7-10-22-38(48)42-2)40(50)23-11-9-16-25-43-27-24-41(51)52-31-37-35-20-14-12-18-33(35)34-19-13-15-21-36(34)37/h12-15,18-21,37,43H,3-11,16-17,22-31H2,1-2H3,(H,42,48)(H,44,47)(H,45,49). The van der Waals surface area contributed by atoms with Crippen molar-refractivity contribution in [2.45, 2.75) is 103 Å². The molecule has 0 atom stereocenters. The van der Waals surface area contributed by atoms with Crippen LogP contribution in [0.3, 0.4) is 0 Å². The number of benzene rings is 2. The van der Waals surface area contributed by atoms with E-state index in [2.05, 4.69) is 45.5 Å². The van der Waals surface area contributed by atoms with E-state index >= 15 is 0 Å². The van der Waals surface area contributed by atoms with Crippen molar-refractivity contribution in [3.05, 3.63) is 59.7 Å². The van der Waals surface area contributed by atoms with Crippen LogP contribution in [0.25, 0.3) is 11.1 Å². The Morgan fingerprint density at radius 2 is 1.21 bits per heavy atom. The summed E-state index contributed by atoms with van der Waals surface area (Å²) in [5.74, 6) is -0.524. The lowest BCUT2D eigenvalue weighted by Crippen LogP contribution is -2.44. The third kappa shape index (κ3) is 16.0. The summed E-state index contributed by atoms with van der Waals surface area (Å²) in [6.07, 6.45) is 12.1. The Kier molecular flexibility index (Phi) is 20.2. The number of fused-ring (bicyclic) bond motifs is 3. The Balaban J connectivity index is 1.22. The van der Waals surface area contributed by atoms with Crippen LogP contribution >= 0.6 is 0 Å². The largest absolute Gasteiger partial charge is 0.465 e. The van der Waals surface area contributed by atoms with Gasteiger partial charge in [-0.1, -0.05) is 93.5 Å². The third-order valence-corrected chi connectivity index (χ3v) is 9.50. The maximum absolute atomic E-state index is 13.0. The summed E-state index contributed by atoms with van der Waals surface area (Å²) in [7, 11) is 1.67. The van der Waals surface area contributed by atoms with E-state index in [-0.39, 0.29) is 48.6 Å². The normalized spacial score (nSPS) is 11.7. The summed E-state index contributed by atoms with van der Waals surface area (Å²) in [5.41, 5.74) is 4.81. The fraction of sp³-hybridized carbons (Fsp3) is 0.585. The molecule has 2 aromatic carbocycles. The first-order chi connectivity index (χ1) is 25.3. The van der Waals surface area contributed by atoms with Crippen LogP contribution in [-0.2, 0) is 28.7 Å². The van der Waals surface area contributed by atoms with Crippen molar-refractivity contribution in [2.24, 2.45) is 0 Å². The molecule has 0 unspecified atom stereocenters. The van der Waals surface area contributed by atoms with Crippen LogP contribution < -0.4 is 21.3 Å². The number of hydrogen-bond acceptors (Lipinski definition) is 7. The average molecular weight is 720 g/mol. The molecule has 0 aliphatic heterocycles. The van der Waals surface area contributed by atoms with E-state index < -0.39 is 0 Å². The summed E-state index contributed by atoms with van der Waals surface area (Å²) in [5, 5.41) is 11.6. The highest BCUT2D eigenvalue weighted by Gasteiger charge is 2.29. The van der Waals surface area contributed by atoms with Crippen molar-refractivity contribution in [2.75, 3.05) is 52.9 Å². The van der Waals surface area contributed by atoms with E-state index in [0.717, 1.165) is 70.8 Å². The first kappa shape index (κ1) is 42.2. The van der Waals surface area contributed by atoms with Crippen molar-refractivity contribution >= 4 is 29.6 Å². The van der Waals surface area contributed by atoms with E-state index in [1.807, 2.05) is 24.3 Å². The molecule has 0 fully saturated rings. The molecule has 1 aliphatic rings. The van der Waals surface area contributed by atoms with Gasteiger partial charge < -0.3 is 30.9 Å². The summed E-state index contributed by atoms with van der Waals surface area (Å²) < 4.78 is 5.68.